The fraction of sp³-hybridized carbons (Fsp3) is 0. The van der Waals surface area contributed by atoms with E-state index >= 15 is 0 Å². The van der Waals surface area contributed by atoms with Gasteiger partial charge in [-0.25, -0.2) is 0 Å². The maximum atomic E-state index is 9.31. The van der Waals surface area contributed by atoms with Crippen LogP contribution in [0.3, 0.4) is 0 Å². The molecule has 0 fully saturated rings. The van der Waals surface area contributed by atoms with Gasteiger partial charge < -0.3 is 4.42 Å². The van der Waals surface area contributed by atoms with E-state index in [1.807, 2.05) is 103 Å². The van der Waals surface area contributed by atoms with Gasteiger partial charge in [0.15, 0.2) is 0 Å². The van der Waals surface area contributed by atoms with Crippen molar-refractivity contribution in [1.29, 1.82) is 0 Å². The van der Waals surface area contributed by atoms with Crippen molar-refractivity contribution < 1.29 is 15.4 Å². The third kappa shape index (κ3) is 3.72. The van der Waals surface area contributed by atoms with Crippen molar-refractivity contribution in [3.05, 3.63) is 158 Å². The summed E-state index contributed by atoms with van der Waals surface area (Å²) in [5.74, 6) is 0. The summed E-state index contributed by atoms with van der Waals surface area (Å²) in [5.41, 5.74) is 5.07. The molecule has 9 aromatic rings. The van der Waals surface area contributed by atoms with Gasteiger partial charge in [-0.3, -0.25) is 0 Å². The fourth-order valence-electron chi connectivity index (χ4n) is 6.39. The van der Waals surface area contributed by atoms with Gasteiger partial charge in [0.1, 0.15) is 11.2 Å². The molecule has 0 N–H and O–H groups in total. The Labute approximate surface area is 260 Å². The van der Waals surface area contributed by atoms with Crippen molar-refractivity contribution in [2.24, 2.45) is 0 Å². The maximum Gasteiger partial charge on any atom is 0.135 e. The molecule has 1 heteroatoms. The Balaban J connectivity index is 1.46. The van der Waals surface area contributed by atoms with Gasteiger partial charge in [0.05, 0.1) is 11.0 Å². The first kappa shape index (κ1) is 17.3. The van der Waals surface area contributed by atoms with E-state index in [1.165, 1.54) is 0 Å². The van der Waals surface area contributed by atoms with Crippen LogP contribution in [0.1, 0.15) is 11.0 Å². The van der Waals surface area contributed by atoms with Crippen molar-refractivity contribution in [1.82, 2.24) is 0 Å². The average Bonchev–Trinajstić information content (AvgIpc) is 3.54. The van der Waals surface area contributed by atoms with Crippen LogP contribution < -0.4 is 0 Å². The molecule has 1 heterocycles. The Morgan fingerprint density at radius 3 is 1.77 bits per heavy atom. The third-order valence-corrected chi connectivity index (χ3v) is 8.30. The average molecular weight is 555 g/mol. The zero-order chi connectivity index (χ0) is 35.3. The highest BCUT2D eigenvalue weighted by molar-refractivity contribution is 6.23. The lowest BCUT2D eigenvalue weighted by atomic mass is 9.84. The SMILES string of the molecule is [2H]c1c([2H])c([2H])c2c(-c3cccc4ccccc34)c3c([2H])c([2H])c([2H])c([2H])c3c(-c3cccc(-c4ccc5oc6ccccc6c5c4)c3)c2c1[2H]. The van der Waals surface area contributed by atoms with Crippen molar-refractivity contribution in [3.8, 4) is 33.4 Å². The minimum atomic E-state index is -0.425. The van der Waals surface area contributed by atoms with E-state index in [0.29, 0.717) is 22.3 Å². The number of rotatable bonds is 3. The predicted molar refractivity (Wildman–Crippen MR) is 183 cm³/mol. The van der Waals surface area contributed by atoms with Gasteiger partial charge in [0.25, 0.3) is 0 Å². The Morgan fingerprint density at radius 1 is 0.395 bits per heavy atom. The number of para-hydroxylation sites is 1. The predicted octanol–water partition coefficient (Wildman–Crippen LogP) is 12.0. The lowest BCUT2D eigenvalue weighted by Crippen LogP contribution is -1.92. The van der Waals surface area contributed by atoms with Crippen LogP contribution in [0, 0.1) is 0 Å². The number of furan rings is 1. The summed E-state index contributed by atoms with van der Waals surface area (Å²) in [6.45, 7) is 0. The van der Waals surface area contributed by atoms with Crippen molar-refractivity contribution in [2.45, 2.75) is 0 Å². The van der Waals surface area contributed by atoms with E-state index in [4.69, 9.17) is 9.90 Å². The number of fused-ring (bicyclic) bond motifs is 6. The molecule has 0 saturated heterocycles. The molecule has 9 rings (SSSR count). The highest BCUT2D eigenvalue weighted by Crippen LogP contribution is 2.45. The van der Waals surface area contributed by atoms with Gasteiger partial charge >= 0.3 is 0 Å². The van der Waals surface area contributed by atoms with E-state index in [9.17, 15) is 5.48 Å². The van der Waals surface area contributed by atoms with Crippen LogP contribution in [0.5, 0.6) is 0 Å². The molecule has 0 unspecified atom stereocenters. The van der Waals surface area contributed by atoms with Gasteiger partial charge in [0.2, 0.25) is 0 Å². The Bertz CT molecular complexity index is 2880. The summed E-state index contributed by atoms with van der Waals surface area (Å²) in [5, 5.41) is 4.38. The topological polar surface area (TPSA) is 13.1 Å². The van der Waals surface area contributed by atoms with Crippen LogP contribution in [0.2, 0.25) is 0 Å². The summed E-state index contributed by atoms with van der Waals surface area (Å²) in [7, 11) is 0. The molecule has 0 saturated carbocycles. The van der Waals surface area contributed by atoms with Crippen molar-refractivity contribution in [2.75, 3.05) is 0 Å². The highest BCUT2D eigenvalue weighted by Gasteiger charge is 2.18. The molecular weight excluding hydrogens is 520 g/mol. The fourth-order valence-corrected chi connectivity index (χ4v) is 6.39. The zero-order valence-electron chi connectivity index (χ0n) is 30.8. The van der Waals surface area contributed by atoms with Gasteiger partial charge in [-0.2, -0.15) is 0 Å². The lowest BCUT2D eigenvalue weighted by Gasteiger charge is -2.19. The molecule has 0 radical (unpaired) electrons. The van der Waals surface area contributed by atoms with Gasteiger partial charge in [-0.1, -0.05) is 133 Å². The van der Waals surface area contributed by atoms with Gasteiger partial charge in [-0.05, 0) is 90.0 Å². The normalized spacial score (nSPS) is 14.3. The standard InChI is InChI=1S/C42H26O/c1-2-15-31-27(11-1)12-10-21-33(31)42-36-19-5-3-17-34(36)41(35-18-4-6-20-37(35)42)30-14-9-13-28(25-30)29-23-24-40-38(26-29)32-16-7-8-22-39(32)43-40/h1-26H/i3D,4D,5D,6D,17D,18D,19D,20D. The summed E-state index contributed by atoms with van der Waals surface area (Å²) < 4.78 is 78.3. The Kier molecular flexibility index (Phi) is 3.80. The first-order valence-corrected chi connectivity index (χ1v) is 14.1. The third-order valence-electron chi connectivity index (χ3n) is 8.30. The first-order valence-electron chi connectivity index (χ1n) is 18.1. The molecule has 1 nitrogen and oxygen atoms in total. The van der Waals surface area contributed by atoms with E-state index in [0.717, 1.165) is 43.8 Å². The number of hydrogen-bond donors (Lipinski definition) is 0. The molecule has 43 heavy (non-hydrogen) atoms. The van der Waals surface area contributed by atoms with Gasteiger partial charge in [0, 0.05) is 10.8 Å². The van der Waals surface area contributed by atoms with Crippen LogP contribution in [-0.2, 0) is 0 Å². The maximum absolute atomic E-state index is 9.31. The second-order valence-electron chi connectivity index (χ2n) is 10.7. The second-order valence-corrected chi connectivity index (χ2v) is 10.7. The van der Waals surface area contributed by atoms with Crippen molar-refractivity contribution in [3.63, 3.8) is 0 Å². The smallest absolute Gasteiger partial charge is 0.135 e. The molecule has 0 aliphatic heterocycles. The largest absolute Gasteiger partial charge is 0.456 e. The first-order chi connectivity index (χ1) is 24.7. The van der Waals surface area contributed by atoms with Crippen LogP contribution >= 0.6 is 0 Å². The monoisotopic (exact) mass is 554 g/mol. The molecule has 0 bridgehead atoms. The molecule has 0 spiro atoms. The summed E-state index contributed by atoms with van der Waals surface area (Å²) in [6, 6.07) is 31.8. The summed E-state index contributed by atoms with van der Waals surface area (Å²) in [4.78, 5) is 0. The molecule has 0 atom stereocenters. The van der Waals surface area contributed by atoms with Crippen LogP contribution in [-0.4, -0.2) is 0 Å². The highest BCUT2D eigenvalue weighted by atomic mass is 16.3. The van der Waals surface area contributed by atoms with E-state index < -0.39 is 24.2 Å². The molecule has 8 aromatic carbocycles. The summed E-state index contributed by atoms with van der Waals surface area (Å²) in [6.07, 6.45) is 0. The van der Waals surface area contributed by atoms with E-state index in [-0.39, 0.29) is 45.7 Å². The Morgan fingerprint density at radius 2 is 0.977 bits per heavy atom. The molecule has 0 aliphatic carbocycles. The number of hydrogen-bond acceptors (Lipinski definition) is 1. The second kappa shape index (κ2) is 9.44. The van der Waals surface area contributed by atoms with E-state index in [1.54, 1.807) is 0 Å². The zero-order valence-corrected chi connectivity index (χ0v) is 22.8. The number of benzene rings is 8. The van der Waals surface area contributed by atoms with Gasteiger partial charge in [-0.15, -0.1) is 0 Å². The molecule has 200 valence electrons. The molecular formula is C42H26O. The van der Waals surface area contributed by atoms with Crippen LogP contribution in [0.25, 0.3) is 87.6 Å². The molecule has 0 amide bonds. The molecule has 0 aliphatic rings. The van der Waals surface area contributed by atoms with Crippen LogP contribution in [0.15, 0.2) is 162 Å². The molecule has 1 aromatic heterocycles. The summed E-state index contributed by atoms with van der Waals surface area (Å²) >= 11 is 0. The quantitative estimate of drug-likeness (QED) is 0.198. The van der Waals surface area contributed by atoms with E-state index in [2.05, 4.69) is 6.07 Å². The van der Waals surface area contributed by atoms with Crippen molar-refractivity contribution >= 4 is 54.3 Å². The minimum Gasteiger partial charge on any atom is -0.456 e. The Hall–Kier alpha value is -5.66. The minimum absolute atomic E-state index is 0.190. The van der Waals surface area contributed by atoms with Crippen LogP contribution in [0.4, 0.5) is 0 Å². The lowest BCUT2D eigenvalue weighted by molar-refractivity contribution is 0.669.